The molecule has 0 N–H and O–H groups in total. The highest BCUT2D eigenvalue weighted by atomic mass is 14.7. The van der Waals surface area contributed by atoms with Crippen LogP contribution >= 0.6 is 0 Å². The van der Waals surface area contributed by atoms with E-state index in [-0.39, 0.29) is 5.41 Å². The fourth-order valence-electron chi connectivity index (χ4n) is 2.88. The van der Waals surface area contributed by atoms with Gasteiger partial charge in [-0.2, -0.15) is 0 Å². The van der Waals surface area contributed by atoms with Gasteiger partial charge in [0.05, 0.1) is 5.69 Å². The molecule has 0 unspecified atom stereocenters. The topological polar surface area (TPSA) is 12.9 Å². The average molecular weight is 223 g/mol. The second-order valence-electron chi connectivity index (χ2n) is 5.44. The quantitative estimate of drug-likeness (QED) is 0.648. The van der Waals surface area contributed by atoms with Crippen LogP contribution in [-0.2, 0) is 5.41 Å². The first-order valence-corrected chi connectivity index (χ1v) is 6.10. The Balaban J connectivity index is 2.56. The van der Waals surface area contributed by atoms with E-state index in [0.29, 0.717) is 0 Å². The number of hydrogen-bond donors (Lipinski definition) is 0. The molecule has 0 amide bonds. The maximum atomic E-state index is 4.58. The van der Waals surface area contributed by atoms with Gasteiger partial charge in [0, 0.05) is 17.0 Å². The summed E-state index contributed by atoms with van der Waals surface area (Å²) in [6.07, 6.45) is 1.91. The van der Waals surface area contributed by atoms with Crippen molar-refractivity contribution in [2.75, 3.05) is 0 Å². The molecule has 17 heavy (non-hydrogen) atoms. The lowest BCUT2D eigenvalue weighted by atomic mass is 9.70. The van der Waals surface area contributed by atoms with Gasteiger partial charge in [-0.1, -0.05) is 37.6 Å². The van der Waals surface area contributed by atoms with E-state index < -0.39 is 0 Å². The van der Waals surface area contributed by atoms with E-state index in [4.69, 9.17) is 0 Å². The van der Waals surface area contributed by atoms with Gasteiger partial charge in [0.2, 0.25) is 0 Å². The summed E-state index contributed by atoms with van der Waals surface area (Å²) in [4.78, 5) is 4.58. The maximum absolute atomic E-state index is 4.58. The van der Waals surface area contributed by atoms with Crippen molar-refractivity contribution in [3.05, 3.63) is 47.3 Å². The summed E-state index contributed by atoms with van der Waals surface area (Å²) >= 11 is 0. The van der Waals surface area contributed by atoms with E-state index in [2.05, 4.69) is 56.9 Å². The first-order chi connectivity index (χ1) is 8.03. The van der Waals surface area contributed by atoms with Crippen LogP contribution in [0.1, 0.15) is 39.0 Å². The molecule has 2 aromatic rings. The normalized spacial score (nSPS) is 17.6. The molecule has 0 saturated heterocycles. The van der Waals surface area contributed by atoms with E-state index >= 15 is 0 Å². The van der Waals surface area contributed by atoms with Crippen LogP contribution < -0.4 is 0 Å². The number of nitrogens with zero attached hydrogens (tertiary/aromatic N) is 1. The van der Waals surface area contributed by atoms with E-state index in [9.17, 15) is 0 Å². The molecule has 0 aliphatic heterocycles. The van der Waals surface area contributed by atoms with Crippen LogP contribution in [0.25, 0.3) is 16.3 Å². The fraction of sp³-hybridized carbons (Fsp3) is 0.312. The number of pyridine rings is 1. The molecule has 0 atom stereocenters. The molecular weight excluding hydrogens is 206 g/mol. The molecule has 86 valence electrons. The Morgan fingerprint density at radius 2 is 1.82 bits per heavy atom. The van der Waals surface area contributed by atoms with Crippen LogP contribution in [0, 0.1) is 0 Å². The van der Waals surface area contributed by atoms with E-state index in [1.54, 1.807) is 0 Å². The SMILES string of the molecule is CC1=C(C)C(C)(C)c2cccc3ccnc1c23. The van der Waals surface area contributed by atoms with Gasteiger partial charge in [0.1, 0.15) is 0 Å². The molecule has 1 aromatic heterocycles. The standard InChI is InChI=1S/C16H17N/c1-10-11(2)16(3,4)13-7-5-6-12-8-9-17-15(10)14(12)13/h5-9H,1-4H3. The first-order valence-electron chi connectivity index (χ1n) is 6.10. The number of aromatic nitrogens is 1. The smallest absolute Gasteiger partial charge is 0.0739 e. The summed E-state index contributed by atoms with van der Waals surface area (Å²) in [6.45, 7) is 9.02. The van der Waals surface area contributed by atoms with Gasteiger partial charge in [0.15, 0.2) is 0 Å². The predicted molar refractivity (Wildman–Crippen MR) is 73.0 cm³/mol. The summed E-state index contributed by atoms with van der Waals surface area (Å²) in [5.74, 6) is 0. The van der Waals surface area contributed by atoms with Crippen LogP contribution in [0.5, 0.6) is 0 Å². The maximum Gasteiger partial charge on any atom is 0.0739 e. The van der Waals surface area contributed by atoms with Gasteiger partial charge < -0.3 is 0 Å². The van der Waals surface area contributed by atoms with Crippen molar-refractivity contribution in [1.29, 1.82) is 0 Å². The van der Waals surface area contributed by atoms with Crippen molar-refractivity contribution in [3.8, 4) is 0 Å². The van der Waals surface area contributed by atoms with Gasteiger partial charge in [-0.05, 0) is 36.4 Å². The highest BCUT2D eigenvalue weighted by Crippen LogP contribution is 2.45. The largest absolute Gasteiger partial charge is 0.256 e. The van der Waals surface area contributed by atoms with Crippen molar-refractivity contribution in [2.24, 2.45) is 0 Å². The monoisotopic (exact) mass is 223 g/mol. The molecular formula is C16H17N. The molecule has 1 aliphatic rings. The van der Waals surface area contributed by atoms with Crippen molar-refractivity contribution in [2.45, 2.75) is 33.1 Å². The van der Waals surface area contributed by atoms with Gasteiger partial charge in [-0.25, -0.2) is 0 Å². The fourth-order valence-corrected chi connectivity index (χ4v) is 2.88. The van der Waals surface area contributed by atoms with E-state index in [1.165, 1.54) is 27.5 Å². The first kappa shape index (κ1) is 10.5. The molecule has 1 aliphatic carbocycles. The molecule has 1 heterocycles. The molecule has 1 nitrogen and oxygen atoms in total. The zero-order valence-electron chi connectivity index (χ0n) is 10.8. The van der Waals surface area contributed by atoms with Crippen LogP contribution in [0.4, 0.5) is 0 Å². The Labute approximate surface area is 102 Å². The molecule has 0 spiro atoms. The minimum Gasteiger partial charge on any atom is -0.256 e. The average Bonchev–Trinajstić information content (AvgIpc) is 2.34. The van der Waals surface area contributed by atoms with Crippen LogP contribution in [0.3, 0.4) is 0 Å². The minimum atomic E-state index is 0.111. The number of rotatable bonds is 0. The van der Waals surface area contributed by atoms with Crippen LogP contribution in [0.2, 0.25) is 0 Å². The van der Waals surface area contributed by atoms with Gasteiger partial charge in [-0.3, -0.25) is 4.98 Å². The zero-order valence-corrected chi connectivity index (χ0v) is 10.8. The third-order valence-corrected chi connectivity index (χ3v) is 4.32. The Morgan fingerprint density at radius 3 is 2.59 bits per heavy atom. The minimum absolute atomic E-state index is 0.111. The Kier molecular flexibility index (Phi) is 1.97. The third kappa shape index (κ3) is 1.22. The number of hydrogen-bond acceptors (Lipinski definition) is 1. The summed E-state index contributed by atoms with van der Waals surface area (Å²) in [6, 6.07) is 8.67. The molecule has 0 saturated carbocycles. The molecule has 0 bridgehead atoms. The van der Waals surface area contributed by atoms with Crippen molar-refractivity contribution in [3.63, 3.8) is 0 Å². The Hall–Kier alpha value is -1.63. The van der Waals surface area contributed by atoms with Gasteiger partial charge in [-0.15, -0.1) is 0 Å². The van der Waals surface area contributed by atoms with Gasteiger partial charge >= 0.3 is 0 Å². The zero-order chi connectivity index (χ0) is 12.2. The van der Waals surface area contributed by atoms with Gasteiger partial charge in [0.25, 0.3) is 0 Å². The second-order valence-corrected chi connectivity index (χ2v) is 5.44. The second kappa shape index (κ2) is 3.19. The van der Waals surface area contributed by atoms with Crippen LogP contribution in [0.15, 0.2) is 36.0 Å². The van der Waals surface area contributed by atoms with Crippen molar-refractivity contribution in [1.82, 2.24) is 4.98 Å². The van der Waals surface area contributed by atoms with E-state index in [1.807, 2.05) is 6.20 Å². The van der Waals surface area contributed by atoms with Crippen LogP contribution in [-0.4, -0.2) is 4.98 Å². The Morgan fingerprint density at radius 1 is 1.06 bits per heavy atom. The van der Waals surface area contributed by atoms with Crippen molar-refractivity contribution < 1.29 is 0 Å². The molecule has 0 fully saturated rings. The molecule has 3 rings (SSSR count). The molecule has 0 radical (unpaired) electrons. The predicted octanol–water partition coefficient (Wildman–Crippen LogP) is 4.32. The van der Waals surface area contributed by atoms with Crippen molar-refractivity contribution >= 4 is 16.3 Å². The lowest BCUT2D eigenvalue weighted by Gasteiger charge is -2.34. The summed E-state index contributed by atoms with van der Waals surface area (Å²) in [5, 5.41) is 2.63. The molecule has 1 aromatic carbocycles. The number of benzene rings is 1. The number of allylic oxidation sites excluding steroid dienone is 2. The Bertz CT molecular complexity index is 642. The third-order valence-electron chi connectivity index (χ3n) is 4.32. The lowest BCUT2D eigenvalue weighted by Crippen LogP contribution is -2.23. The molecule has 1 heteroatoms. The summed E-state index contributed by atoms with van der Waals surface area (Å²) in [7, 11) is 0. The lowest BCUT2D eigenvalue weighted by molar-refractivity contribution is 0.626. The summed E-state index contributed by atoms with van der Waals surface area (Å²) in [5.41, 5.74) is 5.44. The highest BCUT2D eigenvalue weighted by Gasteiger charge is 2.31. The summed E-state index contributed by atoms with van der Waals surface area (Å²) < 4.78 is 0. The van der Waals surface area contributed by atoms with E-state index in [0.717, 1.165) is 5.69 Å². The highest BCUT2D eigenvalue weighted by molar-refractivity contribution is 5.98.